The van der Waals surface area contributed by atoms with Crippen LogP contribution in [0, 0.1) is 29.4 Å². The number of hydrogen-bond donors (Lipinski definition) is 1. The van der Waals surface area contributed by atoms with Gasteiger partial charge >= 0.3 is 0 Å². The molecule has 0 aromatic heterocycles. The molecule has 1 fully saturated rings. The van der Waals surface area contributed by atoms with Gasteiger partial charge in [-0.05, 0) is 42.7 Å². The highest BCUT2D eigenvalue weighted by Crippen LogP contribution is 2.36. The first-order valence-corrected chi connectivity index (χ1v) is 7.19. The molecule has 1 aliphatic rings. The minimum atomic E-state index is -0.499. The van der Waals surface area contributed by atoms with E-state index in [-0.39, 0.29) is 11.7 Å². The highest BCUT2D eigenvalue weighted by atomic mass is 19.1. The fourth-order valence-corrected chi connectivity index (χ4v) is 3.19. The second-order valence-corrected chi connectivity index (χ2v) is 6.17. The summed E-state index contributed by atoms with van der Waals surface area (Å²) in [6.07, 6.45) is 3.32. The van der Waals surface area contributed by atoms with Crippen molar-refractivity contribution in [3.63, 3.8) is 0 Å². The zero-order valence-corrected chi connectivity index (χ0v) is 11.9. The first-order chi connectivity index (χ1) is 8.99. The van der Waals surface area contributed by atoms with E-state index < -0.39 is 11.6 Å². The van der Waals surface area contributed by atoms with Crippen LogP contribution in [0.15, 0.2) is 18.2 Å². The molecular weight excluding hydrogens is 244 g/mol. The zero-order chi connectivity index (χ0) is 14.0. The van der Waals surface area contributed by atoms with E-state index in [1.54, 1.807) is 0 Å². The van der Waals surface area contributed by atoms with Crippen molar-refractivity contribution >= 4 is 5.69 Å². The molecule has 3 heteroatoms. The van der Waals surface area contributed by atoms with Crippen molar-refractivity contribution in [1.29, 1.82) is 0 Å². The Kier molecular flexibility index (Phi) is 4.43. The molecule has 3 unspecified atom stereocenters. The Morgan fingerprint density at radius 1 is 1.16 bits per heavy atom. The summed E-state index contributed by atoms with van der Waals surface area (Å²) in [5.74, 6) is 0.624. The van der Waals surface area contributed by atoms with E-state index in [2.05, 4.69) is 26.1 Å². The Morgan fingerprint density at radius 3 is 2.37 bits per heavy atom. The van der Waals surface area contributed by atoms with E-state index in [0.717, 1.165) is 12.8 Å². The lowest BCUT2D eigenvalue weighted by Crippen LogP contribution is -2.38. The SMILES string of the molecule is CC1CCC(C(C)C)C(Nc2c(F)cccc2F)C1. The predicted octanol–water partition coefficient (Wildman–Crippen LogP) is 4.84. The molecule has 3 atom stereocenters. The highest BCUT2D eigenvalue weighted by molar-refractivity contribution is 5.47. The maximum Gasteiger partial charge on any atom is 0.149 e. The number of hydrogen-bond acceptors (Lipinski definition) is 1. The number of rotatable bonds is 3. The molecule has 1 saturated carbocycles. The van der Waals surface area contributed by atoms with Gasteiger partial charge < -0.3 is 5.32 Å². The van der Waals surface area contributed by atoms with Crippen molar-refractivity contribution in [3.05, 3.63) is 29.8 Å². The van der Waals surface area contributed by atoms with Gasteiger partial charge in [0, 0.05) is 6.04 Å². The Bertz CT molecular complexity index is 411. The Morgan fingerprint density at radius 2 is 1.79 bits per heavy atom. The van der Waals surface area contributed by atoms with Gasteiger partial charge in [-0.2, -0.15) is 0 Å². The molecule has 2 rings (SSSR count). The van der Waals surface area contributed by atoms with Gasteiger partial charge in [0.2, 0.25) is 0 Å². The first kappa shape index (κ1) is 14.3. The van der Waals surface area contributed by atoms with Crippen molar-refractivity contribution in [2.24, 2.45) is 17.8 Å². The highest BCUT2D eigenvalue weighted by Gasteiger charge is 2.31. The van der Waals surface area contributed by atoms with Crippen molar-refractivity contribution in [2.75, 3.05) is 5.32 Å². The van der Waals surface area contributed by atoms with E-state index in [1.165, 1.54) is 24.6 Å². The summed E-state index contributed by atoms with van der Waals surface area (Å²) in [5, 5.41) is 3.13. The molecule has 106 valence electrons. The molecule has 0 heterocycles. The minimum absolute atomic E-state index is 0.0345. The van der Waals surface area contributed by atoms with Gasteiger partial charge in [-0.1, -0.05) is 33.3 Å². The molecule has 0 saturated heterocycles. The van der Waals surface area contributed by atoms with Crippen LogP contribution in [0.25, 0.3) is 0 Å². The fraction of sp³-hybridized carbons (Fsp3) is 0.625. The van der Waals surface area contributed by atoms with E-state index in [4.69, 9.17) is 0 Å². The fourth-order valence-electron chi connectivity index (χ4n) is 3.19. The van der Waals surface area contributed by atoms with Gasteiger partial charge in [0.05, 0.1) is 0 Å². The molecule has 1 nitrogen and oxygen atoms in total. The van der Waals surface area contributed by atoms with Gasteiger partial charge in [0.25, 0.3) is 0 Å². The largest absolute Gasteiger partial charge is 0.377 e. The summed E-state index contributed by atoms with van der Waals surface area (Å²) in [6.45, 7) is 6.59. The molecule has 1 N–H and O–H groups in total. The average Bonchev–Trinajstić information content (AvgIpc) is 2.33. The molecule has 0 bridgehead atoms. The van der Waals surface area contributed by atoms with Gasteiger partial charge in [-0.3, -0.25) is 0 Å². The Hall–Kier alpha value is -1.12. The summed E-state index contributed by atoms with van der Waals surface area (Å²) in [5.41, 5.74) is 0.0345. The van der Waals surface area contributed by atoms with Crippen molar-refractivity contribution in [3.8, 4) is 0 Å². The van der Waals surface area contributed by atoms with Crippen LogP contribution >= 0.6 is 0 Å². The molecule has 0 spiro atoms. The molecule has 19 heavy (non-hydrogen) atoms. The molecular formula is C16H23F2N. The van der Waals surface area contributed by atoms with Gasteiger partial charge in [0.15, 0.2) is 0 Å². The van der Waals surface area contributed by atoms with Crippen LogP contribution in [0.4, 0.5) is 14.5 Å². The molecule has 0 radical (unpaired) electrons. The Balaban J connectivity index is 2.19. The molecule has 1 aromatic carbocycles. The first-order valence-electron chi connectivity index (χ1n) is 7.19. The second kappa shape index (κ2) is 5.89. The van der Waals surface area contributed by atoms with E-state index in [1.807, 2.05) is 0 Å². The summed E-state index contributed by atoms with van der Waals surface area (Å²) in [4.78, 5) is 0. The van der Waals surface area contributed by atoms with E-state index in [9.17, 15) is 8.78 Å². The maximum atomic E-state index is 13.7. The van der Waals surface area contributed by atoms with Crippen LogP contribution in [-0.4, -0.2) is 6.04 Å². The third-order valence-electron chi connectivity index (χ3n) is 4.31. The molecule has 0 amide bonds. The molecule has 1 aromatic rings. The molecule has 1 aliphatic carbocycles. The third-order valence-corrected chi connectivity index (χ3v) is 4.31. The lowest BCUT2D eigenvalue weighted by atomic mass is 9.74. The van der Waals surface area contributed by atoms with Gasteiger partial charge in [-0.15, -0.1) is 0 Å². The number of nitrogens with one attached hydrogen (secondary N) is 1. The number of benzene rings is 1. The van der Waals surface area contributed by atoms with E-state index >= 15 is 0 Å². The van der Waals surface area contributed by atoms with Crippen LogP contribution in [0.3, 0.4) is 0 Å². The van der Waals surface area contributed by atoms with Crippen molar-refractivity contribution < 1.29 is 8.78 Å². The summed E-state index contributed by atoms with van der Waals surface area (Å²) < 4.78 is 27.5. The van der Waals surface area contributed by atoms with Crippen LogP contribution in [0.5, 0.6) is 0 Å². The summed E-state index contributed by atoms with van der Waals surface area (Å²) >= 11 is 0. The lowest BCUT2D eigenvalue weighted by molar-refractivity contribution is 0.211. The third kappa shape index (κ3) is 3.26. The maximum absolute atomic E-state index is 13.7. The van der Waals surface area contributed by atoms with Crippen LogP contribution in [-0.2, 0) is 0 Å². The molecule has 0 aliphatic heterocycles. The van der Waals surface area contributed by atoms with Crippen molar-refractivity contribution in [2.45, 2.75) is 46.1 Å². The quantitative estimate of drug-likeness (QED) is 0.826. The Labute approximate surface area is 114 Å². The zero-order valence-electron chi connectivity index (χ0n) is 11.9. The number of anilines is 1. The summed E-state index contributed by atoms with van der Waals surface area (Å²) in [6, 6.07) is 4.18. The second-order valence-electron chi connectivity index (χ2n) is 6.17. The normalized spacial score (nSPS) is 27.6. The van der Waals surface area contributed by atoms with Crippen LogP contribution in [0.2, 0.25) is 0 Å². The van der Waals surface area contributed by atoms with Crippen molar-refractivity contribution in [1.82, 2.24) is 0 Å². The van der Waals surface area contributed by atoms with Crippen LogP contribution in [0.1, 0.15) is 40.0 Å². The number of halogens is 2. The topological polar surface area (TPSA) is 12.0 Å². The van der Waals surface area contributed by atoms with Gasteiger partial charge in [-0.25, -0.2) is 8.78 Å². The van der Waals surface area contributed by atoms with Gasteiger partial charge in [0.1, 0.15) is 17.3 Å². The predicted molar refractivity (Wildman–Crippen MR) is 75.1 cm³/mol. The smallest absolute Gasteiger partial charge is 0.149 e. The summed E-state index contributed by atoms with van der Waals surface area (Å²) in [7, 11) is 0. The average molecular weight is 267 g/mol. The lowest BCUT2D eigenvalue weighted by Gasteiger charge is -2.38. The van der Waals surface area contributed by atoms with E-state index in [0.29, 0.717) is 17.8 Å². The van der Waals surface area contributed by atoms with Crippen LogP contribution < -0.4 is 5.32 Å². The number of para-hydroxylation sites is 1. The monoisotopic (exact) mass is 267 g/mol. The standard InChI is InChI=1S/C16H23F2N/c1-10(2)12-8-7-11(3)9-15(12)19-16-13(17)5-4-6-14(16)18/h4-6,10-12,15,19H,7-9H2,1-3H3. The minimum Gasteiger partial charge on any atom is -0.377 e.